The van der Waals surface area contributed by atoms with Gasteiger partial charge < -0.3 is 14.5 Å². The summed E-state index contributed by atoms with van der Waals surface area (Å²) >= 11 is 5.95. The Hall–Kier alpha value is -3.12. The minimum atomic E-state index is -0.526. The molecule has 1 unspecified atom stereocenters. The molecule has 1 saturated heterocycles. The highest BCUT2D eigenvalue weighted by Gasteiger charge is 2.26. The molecule has 32 heavy (non-hydrogen) atoms. The molecule has 1 fully saturated rings. The van der Waals surface area contributed by atoms with E-state index in [0.29, 0.717) is 31.2 Å². The van der Waals surface area contributed by atoms with Gasteiger partial charge in [0.15, 0.2) is 11.9 Å². The number of aryl methyl sites for hydroxylation is 2. The third-order valence-electron chi connectivity index (χ3n) is 5.84. The predicted molar refractivity (Wildman–Crippen MR) is 127 cm³/mol. The van der Waals surface area contributed by atoms with Crippen LogP contribution < -0.4 is 9.64 Å². The van der Waals surface area contributed by atoms with E-state index in [1.165, 1.54) is 5.56 Å². The highest BCUT2D eigenvalue weighted by Crippen LogP contribution is 2.22. The van der Waals surface area contributed by atoms with Gasteiger partial charge in [-0.25, -0.2) is 0 Å². The minimum Gasteiger partial charge on any atom is -0.481 e. The molecule has 1 aromatic heterocycles. The van der Waals surface area contributed by atoms with E-state index >= 15 is 0 Å². The summed E-state index contributed by atoms with van der Waals surface area (Å²) < 4.78 is 5.90. The normalized spacial score (nSPS) is 14.9. The number of nitrogens with zero attached hydrogens (tertiary/aromatic N) is 4. The van der Waals surface area contributed by atoms with E-state index in [-0.39, 0.29) is 5.91 Å². The maximum absolute atomic E-state index is 12.9. The number of carbonyl (C=O) groups excluding carboxylic acids is 1. The standard InChI is InChI=1S/C25H27ClN4O2/c1-17-4-9-22(16-18(17)2)32-19(3)25(31)30-14-12-29(13-15-30)24-11-10-23(27-28-24)20-5-7-21(26)8-6-20/h4-11,16,19H,12-15H2,1-3H3. The summed E-state index contributed by atoms with van der Waals surface area (Å²) in [5.74, 6) is 1.55. The van der Waals surface area contributed by atoms with Crippen molar-refractivity contribution in [2.24, 2.45) is 0 Å². The van der Waals surface area contributed by atoms with E-state index in [9.17, 15) is 4.79 Å². The van der Waals surface area contributed by atoms with Crippen molar-refractivity contribution in [2.75, 3.05) is 31.1 Å². The van der Waals surface area contributed by atoms with Crippen molar-refractivity contribution in [1.82, 2.24) is 15.1 Å². The summed E-state index contributed by atoms with van der Waals surface area (Å²) in [6.45, 7) is 8.57. The molecule has 3 aromatic rings. The smallest absolute Gasteiger partial charge is 0.263 e. The van der Waals surface area contributed by atoms with E-state index in [1.54, 1.807) is 0 Å². The minimum absolute atomic E-state index is 0.00653. The van der Waals surface area contributed by atoms with Crippen LogP contribution in [0.4, 0.5) is 5.82 Å². The third kappa shape index (κ3) is 5.02. The zero-order valence-corrected chi connectivity index (χ0v) is 19.3. The molecule has 0 radical (unpaired) electrons. The maximum Gasteiger partial charge on any atom is 0.263 e. The number of benzene rings is 2. The molecule has 1 aliphatic heterocycles. The molecule has 0 N–H and O–H groups in total. The summed E-state index contributed by atoms with van der Waals surface area (Å²) in [7, 11) is 0. The molecule has 0 spiro atoms. The Kier molecular flexibility index (Phi) is 6.61. The first-order valence-corrected chi connectivity index (χ1v) is 11.2. The second-order valence-electron chi connectivity index (χ2n) is 8.10. The number of anilines is 1. The van der Waals surface area contributed by atoms with Crippen LogP contribution in [0.15, 0.2) is 54.6 Å². The number of piperazine rings is 1. The monoisotopic (exact) mass is 450 g/mol. The van der Waals surface area contributed by atoms with Crippen molar-refractivity contribution >= 4 is 23.3 Å². The van der Waals surface area contributed by atoms with Crippen molar-refractivity contribution in [3.05, 3.63) is 70.7 Å². The van der Waals surface area contributed by atoms with Gasteiger partial charge in [-0.1, -0.05) is 29.8 Å². The summed E-state index contributed by atoms with van der Waals surface area (Å²) in [6, 6.07) is 17.4. The van der Waals surface area contributed by atoms with Gasteiger partial charge in [0.1, 0.15) is 5.75 Å². The Morgan fingerprint density at radius 2 is 1.66 bits per heavy atom. The van der Waals surface area contributed by atoms with Crippen molar-refractivity contribution in [3.8, 4) is 17.0 Å². The SMILES string of the molecule is Cc1ccc(OC(C)C(=O)N2CCN(c3ccc(-c4ccc(Cl)cc4)nn3)CC2)cc1C. The van der Waals surface area contributed by atoms with Gasteiger partial charge in [-0.2, -0.15) is 0 Å². The predicted octanol–water partition coefficient (Wildman–Crippen LogP) is 4.53. The van der Waals surface area contributed by atoms with Crippen molar-refractivity contribution < 1.29 is 9.53 Å². The maximum atomic E-state index is 12.9. The number of hydrogen-bond acceptors (Lipinski definition) is 5. The lowest BCUT2D eigenvalue weighted by molar-refractivity contribution is -0.138. The molecular weight excluding hydrogens is 424 g/mol. The highest BCUT2D eigenvalue weighted by atomic mass is 35.5. The molecule has 4 rings (SSSR count). The Balaban J connectivity index is 1.32. The second-order valence-corrected chi connectivity index (χ2v) is 8.54. The molecule has 0 aliphatic carbocycles. The van der Waals surface area contributed by atoms with Gasteiger partial charge in [-0.3, -0.25) is 4.79 Å². The molecule has 0 bridgehead atoms. The van der Waals surface area contributed by atoms with Crippen LogP contribution in [0.3, 0.4) is 0 Å². The molecule has 1 amide bonds. The van der Waals surface area contributed by atoms with Crippen LogP contribution in [0.5, 0.6) is 5.75 Å². The molecule has 7 heteroatoms. The summed E-state index contributed by atoms with van der Waals surface area (Å²) in [5, 5.41) is 9.45. The molecule has 2 heterocycles. The fourth-order valence-corrected chi connectivity index (χ4v) is 3.85. The number of rotatable bonds is 5. The van der Waals surface area contributed by atoms with Crippen molar-refractivity contribution in [1.29, 1.82) is 0 Å². The van der Waals surface area contributed by atoms with Crippen molar-refractivity contribution in [2.45, 2.75) is 26.9 Å². The second kappa shape index (κ2) is 9.57. The zero-order valence-electron chi connectivity index (χ0n) is 18.6. The molecular formula is C25H27ClN4O2. The Morgan fingerprint density at radius 1 is 0.938 bits per heavy atom. The first-order valence-electron chi connectivity index (χ1n) is 10.8. The Labute approximate surface area is 193 Å². The van der Waals surface area contributed by atoms with Gasteiger partial charge >= 0.3 is 0 Å². The summed E-state index contributed by atoms with van der Waals surface area (Å²) in [4.78, 5) is 16.9. The van der Waals surface area contributed by atoms with Crippen LogP contribution in [-0.2, 0) is 4.79 Å². The Morgan fingerprint density at radius 3 is 2.28 bits per heavy atom. The fraction of sp³-hybridized carbons (Fsp3) is 0.320. The first-order chi connectivity index (χ1) is 15.4. The lowest BCUT2D eigenvalue weighted by Gasteiger charge is -2.36. The summed E-state index contributed by atoms with van der Waals surface area (Å²) in [6.07, 6.45) is -0.526. The highest BCUT2D eigenvalue weighted by molar-refractivity contribution is 6.30. The molecule has 166 valence electrons. The van der Waals surface area contributed by atoms with Crippen LogP contribution >= 0.6 is 11.6 Å². The van der Waals surface area contributed by atoms with E-state index in [0.717, 1.165) is 28.4 Å². The lowest BCUT2D eigenvalue weighted by Crippen LogP contribution is -2.52. The molecule has 2 aromatic carbocycles. The zero-order chi connectivity index (χ0) is 22.7. The number of aromatic nitrogens is 2. The number of ether oxygens (including phenoxy) is 1. The van der Waals surface area contributed by atoms with Gasteiger partial charge in [-0.05, 0) is 68.3 Å². The average molecular weight is 451 g/mol. The fourth-order valence-electron chi connectivity index (χ4n) is 3.72. The largest absolute Gasteiger partial charge is 0.481 e. The van der Waals surface area contributed by atoms with Gasteiger partial charge in [0.05, 0.1) is 5.69 Å². The number of halogens is 1. The van der Waals surface area contributed by atoms with Gasteiger partial charge in [-0.15, -0.1) is 10.2 Å². The average Bonchev–Trinajstić information content (AvgIpc) is 2.82. The van der Waals surface area contributed by atoms with Crippen LogP contribution in [0.2, 0.25) is 5.02 Å². The van der Waals surface area contributed by atoms with Gasteiger partial charge in [0.2, 0.25) is 0 Å². The summed E-state index contributed by atoms with van der Waals surface area (Å²) in [5.41, 5.74) is 4.13. The molecule has 1 aliphatic rings. The quantitative estimate of drug-likeness (QED) is 0.571. The third-order valence-corrected chi connectivity index (χ3v) is 6.10. The van der Waals surface area contributed by atoms with E-state index < -0.39 is 6.10 Å². The van der Waals surface area contributed by atoms with Gasteiger partial charge in [0, 0.05) is 36.8 Å². The number of carbonyl (C=O) groups is 1. The van der Waals surface area contributed by atoms with Crippen LogP contribution in [-0.4, -0.2) is 53.3 Å². The van der Waals surface area contributed by atoms with Crippen LogP contribution in [0.25, 0.3) is 11.3 Å². The lowest BCUT2D eigenvalue weighted by atomic mass is 10.1. The van der Waals surface area contributed by atoms with Crippen LogP contribution in [0.1, 0.15) is 18.1 Å². The van der Waals surface area contributed by atoms with Crippen molar-refractivity contribution in [3.63, 3.8) is 0 Å². The van der Waals surface area contributed by atoms with Gasteiger partial charge in [0.25, 0.3) is 5.91 Å². The molecule has 1 atom stereocenters. The molecule has 0 saturated carbocycles. The van der Waals surface area contributed by atoms with E-state index in [2.05, 4.69) is 22.0 Å². The van der Waals surface area contributed by atoms with E-state index in [1.807, 2.05) is 73.3 Å². The Bertz CT molecular complexity index is 1080. The first kappa shape index (κ1) is 22.1. The van der Waals surface area contributed by atoms with Crippen LogP contribution in [0, 0.1) is 13.8 Å². The topological polar surface area (TPSA) is 58.6 Å². The number of hydrogen-bond donors (Lipinski definition) is 0. The molecule has 6 nitrogen and oxygen atoms in total. The van der Waals surface area contributed by atoms with E-state index in [4.69, 9.17) is 16.3 Å². The number of amides is 1.